The number of likely N-dealkylation sites (tertiary alicyclic amines) is 1. The predicted molar refractivity (Wildman–Crippen MR) is 87.6 cm³/mol. The summed E-state index contributed by atoms with van der Waals surface area (Å²) < 4.78 is 1.14. The number of rotatable bonds is 4. The third kappa shape index (κ3) is 2.95. The van der Waals surface area contributed by atoms with Crippen molar-refractivity contribution in [3.63, 3.8) is 0 Å². The van der Waals surface area contributed by atoms with Crippen molar-refractivity contribution in [3.8, 4) is 0 Å². The first-order valence-corrected chi connectivity index (χ1v) is 8.80. The van der Waals surface area contributed by atoms with Crippen LogP contribution in [-0.4, -0.2) is 24.0 Å². The highest BCUT2D eigenvalue weighted by molar-refractivity contribution is 9.10. The number of halogens is 1. The molecule has 110 valence electrons. The van der Waals surface area contributed by atoms with Gasteiger partial charge in [0.25, 0.3) is 0 Å². The van der Waals surface area contributed by atoms with Gasteiger partial charge in [0.2, 0.25) is 0 Å². The quantitative estimate of drug-likeness (QED) is 0.896. The summed E-state index contributed by atoms with van der Waals surface area (Å²) in [6.07, 6.45) is 8.44. The lowest BCUT2D eigenvalue weighted by Crippen LogP contribution is -2.40. The highest BCUT2D eigenvalue weighted by atomic mass is 79.9. The Morgan fingerprint density at radius 2 is 1.80 bits per heavy atom. The van der Waals surface area contributed by atoms with Crippen molar-refractivity contribution in [2.24, 2.45) is 11.7 Å². The molecule has 2 fully saturated rings. The van der Waals surface area contributed by atoms with Crippen LogP contribution in [0.15, 0.2) is 28.7 Å². The van der Waals surface area contributed by atoms with Crippen molar-refractivity contribution >= 4 is 15.9 Å². The van der Waals surface area contributed by atoms with Gasteiger partial charge < -0.3 is 5.73 Å². The average Bonchev–Trinajstić information content (AvgIpc) is 3.12. The van der Waals surface area contributed by atoms with Gasteiger partial charge in [-0.3, -0.25) is 4.90 Å². The van der Waals surface area contributed by atoms with Crippen molar-refractivity contribution in [2.45, 2.75) is 50.6 Å². The Balaban J connectivity index is 1.78. The molecular formula is C17H25BrN2. The van der Waals surface area contributed by atoms with Crippen LogP contribution in [0.25, 0.3) is 0 Å². The molecule has 2 nitrogen and oxygen atoms in total. The third-order valence-electron chi connectivity index (χ3n) is 5.16. The van der Waals surface area contributed by atoms with E-state index in [0.29, 0.717) is 6.04 Å². The molecule has 1 aromatic rings. The van der Waals surface area contributed by atoms with E-state index in [1.54, 1.807) is 0 Å². The Kier molecular flexibility index (Phi) is 4.79. The molecule has 1 heterocycles. The zero-order chi connectivity index (χ0) is 13.9. The SMILES string of the molecule is NCC(c1ccc(Br)cc1)N1CCCC1C1CCCC1. The van der Waals surface area contributed by atoms with E-state index < -0.39 is 0 Å². The van der Waals surface area contributed by atoms with Crippen LogP contribution in [0.4, 0.5) is 0 Å². The molecule has 3 rings (SSSR count). The molecule has 2 unspecified atom stereocenters. The van der Waals surface area contributed by atoms with Crippen molar-refractivity contribution in [2.75, 3.05) is 13.1 Å². The molecule has 0 amide bonds. The second-order valence-corrected chi connectivity index (χ2v) is 7.21. The van der Waals surface area contributed by atoms with Crippen molar-refractivity contribution < 1.29 is 0 Å². The minimum absolute atomic E-state index is 0.399. The molecule has 0 radical (unpaired) electrons. The van der Waals surface area contributed by atoms with E-state index in [-0.39, 0.29) is 0 Å². The fourth-order valence-corrected chi connectivity index (χ4v) is 4.46. The standard InChI is InChI=1S/C17H25BrN2/c18-15-9-7-14(8-10-15)17(12-19)20-11-3-6-16(20)13-4-1-2-5-13/h7-10,13,16-17H,1-6,11-12,19H2. The van der Waals surface area contributed by atoms with Gasteiger partial charge in [0.15, 0.2) is 0 Å². The Morgan fingerprint density at radius 1 is 1.10 bits per heavy atom. The van der Waals surface area contributed by atoms with Crippen LogP contribution in [0, 0.1) is 5.92 Å². The summed E-state index contributed by atoms with van der Waals surface area (Å²) in [7, 11) is 0. The molecule has 1 aromatic carbocycles. The highest BCUT2D eigenvalue weighted by Gasteiger charge is 2.36. The van der Waals surface area contributed by atoms with Crippen LogP contribution in [0.3, 0.4) is 0 Å². The fraction of sp³-hybridized carbons (Fsp3) is 0.647. The van der Waals surface area contributed by atoms with Crippen molar-refractivity contribution in [1.82, 2.24) is 4.90 Å². The molecule has 2 N–H and O–H groups in total. The zero-order valence-electron chi connectivity index (χ0n) is 12.1. The monoisotopic (exact) mass is 336 g/mol. The summed E-state index contributed by atoms with van der Waals surface area (Å²) in [6, 6.07) is 9.90. The van der Waals surface area contributed by atoms with Crippen molar-refractivity contribution in [3.05, 3.63) is 34.3 Å². The topological polar surface area (TPSA) is 29.3 Å². The van der Waals surface area contributed by atoms with Crippen LogP contribution in [0.1, 0.15) is 50.1 Å². The molecule has 3 heteroatoms. The molecular weight excluding hydrogens is 312 g/mol. The number of nitrogens with two attached hydrogens (primary N) is 1. The van der Waals surface area contributed by atoms with Crippen LogP contribution < -0.4 is 5.73 Å². The number of hydrogen-bond acceptors (Lipinski definition) is 2. The molecule has 1 aliphatic carbocycles. The van der Waals surface area contributed by atoms with E-state index in [1.165, 1.54) is 50.6 Å². The Hall–Kier alpha value is -0.380. The minimum Gasteiger partial charge on any atom is -0.329 e. The minimum atomic E-state index is 0.399. The van der Waals surface area contributed by atoms with E-state index in [4.69, 9.17) is 5.73 Å². The second kappa shape index (κ2) is 6.59. The van der Waals surface area contributed by atoms with E-state index in [1.807, 2.05) is 0 Å². The fourth-order valence-electron chi connectivity index (χ4n) is 4.20. The van der Waals surface area contributed by atoms with E-state index in [9.17, 15) is 0 Å². The molecule has 0 aromatic heterocycles. The summed E-state index contributed by atoms with van der Waals surface area (Å²) in [5, 5.41) is 0. The molecule has 2 aliphatic rings. The maximum atomic E-state index is 6.13. The maximum absolute atomic E-state index is 6.13. The van der Waals surface area contributed by atoms with Gasteiger partial charge in [-0.05, 0) is 55.8 Å². The first kappa shape index (κ1) is 14.6. The van der Waals surface area contributed by atoms with Crippen molar-refractivity contribution in [1.29, 1.82) is 0 Å². The summed E-state index contributed by atoms with van der Waals surface area (Å²) in [5.41, 5.74) is 7.51. The maximum Gasteiger partial charge on any atom is 0.0473 e. The lowest BCUT2D eigenvalue weighted by Gasteiger charge is -2.36. The predicted octanol–water partition coefficient (Wildman–Crippen LogP) is 4.10. The molecule has 1 saturated heterocycles. The summed E-state index contributed by atoms with van der Waals surface area (Å²) in [6.45, 7) is 1.95. The largest absolute Gasteiger partial charge is 0.329 e. The second-order valence-electron chi connectivity index (χ2n) is 6.29. The lowest BCUT2D eigenvalue weighted by molar-refractivity contribution is 0.138. The number of benzene rings is 1. The molecule has 20 heavy (non-hydrogen) atoms. The molecule has 2 atom stereocenters. The van der Waals surface area contributed by atoms with Gasteiger partial charge in [0.1, 0.15) is 0 Å². The van der Waals surface area contributed by atoms with E-state index in [0.717, 1.165) is 23.0 Å². The summed E-state index contributed by atoms with van der Waals surface area (Å²) in [4.78, 5) is 2.71. The number of nitrogens with zero attached hydrogens (tertiary/aromatic N) is 1. The van der Waals surface area contributed by atoms with Crippen LogP contribution in [0.5, 0.6) is 0 Å². The van der Waals surface area contributed by atoms with E-state index in [2.05, 4.69) is 45.1 Å². The van der Waals surface area contributed by atoms with Gasteiger partial charge >= 0.3 is 0 Å². The lowest BCUT2D eigenvalue weighted by atomic mass is 9.94. The van der Waals surface area contributed by atoms with Crippen LogP contribution in [-0.2, 0) is 0 Å². The van der Waals surface area contributed by atoms with Gasteiger partial charge in [-0.2, -0.15) is 0 Å². The van der Waals surface area contributed by atoms with Gasteiger partial charge in [0.05, 0.1) is 0 Å². The first-order valence-electron chi connectivity index (χ1n) is 8.01. The van der Waals surface area contributed by atoms with Gasteiger partial charge in [-0.15, -0.1) is 0 Å². The third-order valence-corrected chi connectivity index (χ3v) is 5.69. The van der Waals surface area contributed by atoms with Gasteiger partial charge in [-0.25, -0.2) is 0 Å². The molecule has 1 aliphatic heterocycles. The van der Waals surface area contributed by atoms with E-state index >= 15 is 0 Å². The van der Waals surface area contributed by atoms with Gasteiger partial charge in [0, 0.05) is 23.1 Å². The van der Waals surface area contributed by atoms with Crippen LogP contribution >= 0.6 is 15.9 Å². The Labute approximate surface area is 130 Å². The Morgan fingerprint density at radius 3 is 2.45 bits per heavy atom. The number of hydrogen-bond donors (Lipinski definition) is 1. The first-order chi connectivity index (χ1) is 9.79. The van der Waals surface area contributed by atoms with Gasteiger partial charge in [-0.1, -0.05) is 40.9 Å². The average molecular weight is 337 g/mol. The highest BCUT2D eigenvalue weighted by Crippen LogP contribution is 2.39. The summed E-state index contributed by atoms with van der Waals surface area (Å²) in [5.74, 6) is 0.919. The molecule has 1 saturated carbocycles. The molecule has 0 spiro atoms. The zero-order valence-corrected chi connectivity index (χ0v) is 13.7. The smallest absolute Gasteiger partial charge is 0.0473 e. The Bertz CT molecular complexity index is 425. The normalized spacial score (nSPS) is 26.2. The summed E-state index contributed by atoms with van der Waals surface area (Å²) >= 11 is 3.52. The molecule has 0 bridgehead atoms. The van der Waals surface area contributed by atoms with Crippen LogP contribution in [0.2, 0.25) is 0 Å².